The number of halogens is 2. The summed E-state index contributed by atoms with van der Waals surface area (Å²) in [6, 6.07) is 11.1. The Labute approximate surface area is 194 Å². The molecule has 4 rings (SSSR count). The Morgan fingerprint density at radius 3 is 2.44 bits per heavy atom. The number of aliphatic hydroxyl groups is 1. The van der Waals surface area contributed by atoms with Crippen LogP contribution in [0.15, 0.2) is 54.9 Å². The van der Waals surface area contributed by atoms with Crippen LogP contribution in [0, 0.1) is 0 Å². The van der Waals surface area contributed by atoms with Crippen LogP contribution in [0.2, 0.25) is 10.0 Å². The first kappa shape index (κ1) is 22.0. The number of hydrogen-bond acceptors (Lipinski definition) is 6. The normalized spacial score (nSPS) is 15.5. The Balaban J connectivity index is 1.49. The summed E-state index contributed by atoms with van der Waals surface area (Å²) in [5, 5.41) is 15.8. The lowest BCUT2D eigenvalue weighted by Crippen LogP contribution is -2.22. The molecule has 8 nitrogen and oxygen atoms in total. The third kappa shape index (κ3) is 5.16. The summed E-state index contributed by atoms with van der Waals surface area (Å²) >= 11 is 11.9. The number of aromatic nitrogens is 2. The number of anilines is 3. The number of carbonyl (C=O) groups is 2. The number of hydrogen-bond donors (Lipinski definition) is 3. The lowest BCUT2D eigenvalue weighted by molar-refractivity contribution is 0.102. The van der Waals surface area contributed by atoms with Gasteiger partial charge in [-0.2, -0.15) is 0 Å². The van der Waals surface area contributed by atoms with Gasteiger partial charge in [0.15, 0.2) is 0 Å². The van der Waals surface area contributed by atoms with E-state index in [1.54, 1.807) is 36.4 Å². The highest BCUT2D eigenvalue weighted by atomic mass is 35.5. The van der Waals surface area contributed by atoms with E-state index in [1.807, 2.05) is 4.90 Å². The lowest BCUT2D eigenvalue weighted by Gasteiger charge is -2.16. The molecule has 1 atom stereocenters. The zero-order valence-electron chi connectivity index (χ0n) is 16.8. The fourth-order valence-electron chi connectivity index (χ4n) is 3.30. The number of pyridine rings is 2. The number of nitrogens with one attached hydrogen (secondary N) is 2. The smallest absolute Gasteiger partial charge is 0.258 e. The third-order valence-corrected chi connectivity index (χ3v) is 5.40. The van der Waals surface area contributed by atoms with Crippen LogP contribution in [0.5, 0.6) is 0 Å². The second-order valence-corrected chi connectivity index (χ2v) is 8.13. The number of β-amino-alcohol motifs (C(OH)–C–C–N with tert-alkyl or cyclic N) is 1. The summed E-state index contributed by atoms with van der Waals surface area (Å²) in [6.07, 6.45) is 3.20. The Kier molecular flexibility index (Phi) is 6.55. The first-order chi connectivity index (χ1) is 15.4. The van der Waals surface area contributed by atoms with Gasteiger partial charge >= 0.3 is 0 Å². The molecule has 32 heavy (non-hydrogen) atoms. The fourth-order valence-corrected chi connectivity index (χ4v) is 3.58. The minimum atomic E-state index is -0.487. The predicted octanol–water partition coefficient (Wildman–Crippen LogP) is 3.86. The second kappa shape index (κ2) is 9.52. The maximum Gasteiger partial charge on any atom is 0.258 e. The van der Waals surface area contributed by atoms with E-state index in [0.717, 1.165) is 0 Å². The van der Waals surface area contributed by atoms with Gasteiger partial charge in [-0.05, 0) is 48.9 Å². The zero-order valence-corrected chi connectivity index (χ0v) is 18.3. The van der Waals surface area contributed by atoms with Crippen molar-refractivity contribution in [1.82, 2.24) is 9.97 Å². The molecule has 1 aromatic carbocycles. The standard InChI is InChI=1S/C22H19Cl2N5O3/c23-14-2-4-18(17(9-14)22(32)28-19-5-3-15(24)11-25-19)27-21(31)13-1-6-20(26-10-13)29-8-7-16(30)12-29/h1-6,9-11,16,30H,7-8,12H2,(H,27,31)(H,25,28,32). The number of rotatable bonds is 5. The number of amides is 2. The van der Waals surface area contributed by atoms with Crippen LogP contribution in [0.3, 0.4) is 0 Å². The summed E-state index contributed by atoms with van der Waals surface area (Å²) in [6.45, 7) is 1.23. The molecule has 2 aromatic heterocycles. The molecular weight excluding hydrogens is 453 g/mol. The molecule has 2 amide bonds. The van der Waals surface area contributed by atoms with Gasteiger partial charge in [-0.1, -0.05) is 23.2 Å². The van der Waals surface area contributed by atoms with Crippen molar-refractivity contribution >= 4 is 52.3 Å². The molecule has 3 aromatic rings. The van der Waals surface area contributed by atoms with Crippen LogP contribution >= 0.6 is 23.2 Å². The summed E-state index contributed by atoms with van der Waals surface area (Å²) in [5.41, 5.74) is 0.796. The van der Waals surface area contributed by atoms with Gasteiger partial charge in [0, 0.05) is 30.5 Å². The number of nitrogens with zero attached hydrogens (tertiary/aromatic N) is 3. The van der Waals surface area contributed by atoms with Crippen LogP contribution in [0.1, 0.15) is 27.1 Å². The van der Waals surface area contributed by atoms with Crippen molar-refractivity contribution in [2.75, 3.05) is 28.6 Å². The predicted molar refractivity (Wildman–Crippen MR) is 124 cm³/mol. The highest BCUT2D eigenvalue weighted by Gasteiger charge is 2.22. The van der Waals surface area contributed by atoms with Gasteiger partial charge in [0.25, 0.3) is 11.8 Å². The molecule has 0 aliphatic carbocycles. The van der Waals surface area contributed by atoms with Crippen molar-refractivity contribution in [1.29, 1.82) is 0 Å². The Hall–Kier alpha value is -3.20. The molecule has 3 heterocycles. The largest absolute Gasteiger partial charge is 0.391 e. The van der Waals surface area contributed by atoms with Crippen molar-refractivity contribution in [2.45, 2.75) is 12.5 Å². The molecule has 1 fully saturated rings. The maximum atomic E-state index is 12.8. The quantitative estimate of drug-likeness (QED) is 0.521. The summed E-state index contributed by atoms with van der Waals surface area (Å²) < 4.78 is 0. The zero-order chi connectivity index (χ0) is 22.7. The van der Waals surface area contributed by atoms with Crippen LogP contribution in [-0.4, -0.2) is 46.1 Å². The van der Waals surface area contributed by atoms with E-state index < -0.39 is 11.8 Å². The fraction of sp³-hybridized carbons (Fsp3) is 0.182. The van der Waals surface area contributed by atoms with E-state index in [0.29, 0.717) is 46.8 Å². The minimum Gasteiger partial charge on any atom is -0.391 e. The van der Waals surface area contributed by atoms with Crippen molar-refractivity contribution < 1.29 is 14.7 Å². The molecule has 0 spiro atoms. The van der Waals surface area contributed by atoms with Crippen molar-refractivity contribution in [2.24, 2.45) is 0 Å². The molecule has 1 aliphatic rings. The average molecular weight is 472 g/mol. The molecule has 164 valence electrons. The first-order valence-electron chi connectivity index (χ1n) is 9.82. The van der Waals surface area contributed by atoms with Crippen molar-refractivity contribution in [3.8, 4) is 0 Å². The minimum absolute atomic E-state index is 0.179. The highest BCUT2D eigenvalue weighted by molar-refractivity contribution is 6.31. The highest BCUT2D eigenvalue weighted by Crippen LogP contribution is 2.24. The van der Waals surface area contributed by atoms with Crippen LogP contribution < -0.4 is 15.5 Å². The summed E-state index contributed by atoms with van der Waals surface area (Å²) in [4.78, 5) is 35.9. The number of carbonyl (C=O) groups excluding carboxylic acids is 2. The van der Waals surface area contributed by atoms with E-state index in [9.17, 15) is 14.7 Å². The van der Waals surface area contributed by atoms with Crippen LogP contribution in [0.4, 0.5) is 17.3 Å². The second-order valence-electron chi connectivity index (χ2n) is 7.25. The molecule has 0 saturated carbocycles. The van der Waals surface area contributed by atoms with Crippen molar-refractivity contribution in [3.63, 3.8) is 0 Å². The summed E-state index contributed by atoms with van der Waals surface area (Å²) in [5.74, 6) is 0.0915. The molecule has 0 radical (unpaired) electrons. The monoisotopic (exact) mass is 471 g/mol. The van der Waals surface area contributed by atoms with Gasteiger partial charge in [0.2, 0.25) is 0 Å². The molecule has 1 unspecified atom stereocenters. The van der Waals surface area contributed by atoms with Crippen LogP contribution in [-0.2, 0) is 0 Å². The SMILES string of the molecule is O=C(Nc1ccc(Cl)cc1C(=O)Nc1ccc(Cl)cn1)c1ccc(N2CCC(O)C2)nc1. The third-order valence-electron chi connectivity index (χ3n) is 4.94. The van der Waals surface area contributed by atoms with E-state index in [4.69, 9.17) is 23.2 Å². The lowest BCUT2D eigenvalue weighted by atomic mass is 10.1. The Bertz CT molecular complexity index is 1140. The Morgan fingerprint density at radius 1 is 0.969 bits per heavy atom. The number of benzene rings is 1. The van der Waals surface area contributed by atoms with Gasteiger partial charge in [0.1, 0.15) is 11.6 Å². The van der Waals surface area contributed by atoms with E-state index >= 15 is 0 Å². The molecule has 0 bridgehead atoms. The van der Waals surface area contributed by atoms with Gasteiger partial charge in [-0.3, -0.25) is 9.59 Å². The molecule has 1 aliphatic heterocycles. The van der Waals surface area contributed by atoms with E-state index in [2.05, 4.69) is 20.6 Å². The van der Waals surface area contributed by atoms with Gasteiger partial charge in [0.05, 0.1) is 27.9 Å². The topological polar surface area (TPSA) is 107 Å². The van der Waals surface area contributed by atoms with Gasteiger partial charge < -0.3 is 20.6 Å². The number of aliphatic hydroxyl groups excluding tert-OH is 1. The van der Waals surface area contributed by atoms with Gasteiger partial charge in [-0.15, -0.1) is 0 Å². The van der Waals surface area contributed by atoms with Crippen LogP contribution in [0.25, 0.3) is 0 Å². The van der Waals surface area contributed by atoms with E-state index in [-0.39, 0.29) is 17.4 Å². The molecule has 1 saturated heterocycles. The first-order valence-corrected chi connectivity index (χ1v) is 10.6. The van der Waals surface area contributed by atoms with Gasteiger partial charge in [-0.25, -0.2) is 9.97 Å². The average Bonchev–Trinajstić information content (AvgIpc) is 3.23. The molecule has 3 N–H and O–H groups in total. The van der Waals surface area contributed by atoms with Crippen molar-refractivity contribution in [3.05, 3.63) is 76.0 Å². The molecular formula is C22H19Cl2N5O3. The Morgan fingerprint density at radius 2 is 1.78 bits per heavy atom. The maximum absolute atomic E-state index is 12.8. The van der Waals surface area contributed by atoms with E-state index in [1.165, 1.54) is 18.5 Å². The molecule has 10 heteroatoms. The summed E-state index contributed by atoms with van der Waals surface area (Å²) in [7, 11) is 0.